The first kappa shape index (κ1) is 16.4. The van der Waals surface area contributed by atoms with Crippen LogP contribution in [0.1, 0.15) is 33.6 Å². The second-order valence-electron chi connectivity index (χ2n) is 4.65. The first-order valence-corrected chi connectivity index (χ1v) is 6.22. The van der Waals surface area contributed by atoms with Crippen LogP contribution in [0.4, 0.5) is 0 Å². The molecule has 102 valence electrons. The zero-order valence-corrected chi connectivity index (χ0v) is 11.2. The minimum Gasteiger partial charge on any atom is -0.394 e. The molecule has 5 heteroatoms. The van der Waals surface area contributed by atoms with E-state index in [2.05, 4.69) is 10.6 Å². The second-order valence-corrected chi connectivity index (χ2v) is 4.65. The zero-order valence-electron chi connectivity index (χ0n) is 11.2. The Hall–Kier alpha value is -0.650. The number of carbonyl (C=O) groups excluding carboxylic acids is 1. The van der Waals surface area contributed by atoms with Crippen LogP contribution in [0.3, 0.4) is 0 Å². The maximum atomic E-state index is 11.5. The summed E-state index contributed by atoms with van der Waals surface area (Å²) in [5, 5.41) is 14.5. The Bertz CT molecular complexity index is 208. The molecule has 17 heavy (non-hydrogen) atoms. The molecular weight excluding hydrogens is 220 g/mol. The molecule has 1 amide bonds. The molecule has 0 atom stereocenters. The van der Waals surface area contributed by atoms with Crippen molar-refractivity contribution in [2.75, 3.05) is 32.9 Å². The van der Waals surface area contributed by atoms with Gasteiger partial charge in [0.25, 0.3) is 0 Å². The van der Waals surface area contributed by atoms with Gasteiger partial charge < -0.3 is 20.5 Å². The topological polar surface area (TPSA) is 70.6 Å². The van der Waals surface area contributed by atoms with E-state index in [0.29, 0.717) is 19.8 Å². The van der Waals surface area contributed by atoms with Gasteiger partial charge in [-0.05, 0) is 33.2 Å². The standard InChI is InChI=1S/C12H26N2O3/c1-4-12(2,3)14-11(16)10-13-6-5-8-17-9-7-15/h13,15H,4-10H2,1-3H3,(H,14,16). The average Bonchev–Trinajstić information content (AvgIpc) is 2.27. The van der Waals surface area contributed by atoms with Gasteiger partial charge in [0.05, 0.1) is 19.8 Å². The third-order valence-electron chi connectivity index (χ3n) is 2.53. The highest BCUT2D eigenvalue weighted by molar-refractivity contribution is 5.78. The summed E-state index contributed by atoms with van der Waals surface area (Å²) in [5.74, 6) is 0.0214. The normalized spacial score (nSPS) is 11.5. The van der Waals surface area contributed by atoms with E-state index in [0.717, 1.165) is 19.4 Å². The van der Waals surface area contributed by atoms with Gasteiger partial charge in [0.2, 0.25) is 5.91 Å². The van der Waals surface area contributed by atoms with E-state index in [-0.39, 0.29) is 18.1 Å². The van der Waals surface area contributed by atoms with Crippen LogP contribution in [-0.2, 0) is 9.53 Å². The Kier molecular flexibility index (Phi) is 9.03. The lowest BCUT2D eigenvalue weighted by atomic mass is 10.0. The van der Waals surface area contributed by atoms with Crippen molar-refractivity contribution in [1.82, 2.24) is 10.6 Å². The molecule has 0 aromatic carbocycles. The van der Waals surface area contributed by atoms with Crippen LogP contribution in [0, 0.1) is 0 Å². The summed E-state index contributed by atoms with van der Waals surface area (Å²) < 4.78 is 5.10. The van der Waals surface area contributed by atoms with Gasteiger partial charge in [-0.2, -0.15) is 0 Å². The molecule has 0 rings (SSSR count). The number of amides is 1. The molecule has 0 spiro atoms. The first-order valence-electron chi connectivity index (χ1n) is 6.22. The van der Waals surface area contributed by atoms with Crippen LogP contribution in [0.2, 0.25) is 0 Å². The lowest BCUT2D eigenvalue weighted by molar-refractivity contribution is -0.121. The third kappa shape index (κ3) is 10.2. The highest BCUT2D eigenvalue weighted by atomic mass is 16.5. The van der Waals surface area contributed by atoms with E-state index in [9.17, 15) is 4.79 Å². The number of carbonyl (C=O) groups is 1. The van der Waals surface area contributed by atoms with E-state index in [1.165, 1.54) is 0 Å². The summed E-state index contributed by atoms with van der Waals surface area (Å²) in [6, 6.07) is 0. The van der Waals surface area contributed by atoms with Crippen molar-refractivity contribution in [2.24, 2.45) is 0 Å². The molecule has 0 aliphatic carbocycles. The van der Waals surface area contributed by atoms with Crippen LogP contribution in [0.25, 0.3) is 0 Å². The van der Waals surface area contributed by atoms with E-state index in [4.69, 9.17) is 9.84 Å². The predicted molar refractivity (Wildman–Crippen MR) is 67.9 cm³/mol. The predicted octanol–water partition coefficient (Wildman–Crippen LogP) is 0.280. The second kappa shape index (κ2) is 9.39. The minimum absolute atomic E-state index is 0.0214. The van der Waals surface area contributed by atoms with Crippen molar-refractivity contribution in [2.45, 2.75) is 39.2 Å². The highest BCUT2D eigenvalue weighted by Gasteiger charge is 2.16. The molecule has 0 bridgehead atoms. The SMILES string of the molecule is CCC(C)(C)NC(=O)CNCCCOCCO. The summed E-state index contributed by atoms with van der Waals surface area (Å²) in [6.07, 6.45) is 1.75. The van der Waals surface area contributed by atoms with Crippen LogP contribution < -0.4 is 10.6 Å². The molecule has 0 aliphatic heterocycles. The van der Waals surface area contributed by atoms with Gasteiger partial charge in [-0.1, -0.05) is 6.92 Å². The van der Waals surface area contributed by atoms with Crippen molar-refractivity contribution in [1.29, 1.82) is 0 Å². The van der Waals surface area contributed by atoms with Gasteiger partial charge >= 0.3 is 0 Å². The van der Waals surface area contributed by atoms with Crippen molar-refractivity contribution in [3.8, 4) is 0 Å². The fourth-order valence-corrected chi connectivity index (χ4v) is 1.18. The van der Waals surface area contributed by atoms with Crippen LogP contribution in [0.5, 0.6) is 0 Å². The van der Waals surface area contributed by atoms with Gasteiger partial charge in [-0.25, -0.2) is 0 Å². The highest BCUT2D eigenvalue weighted by Crippen LogP contribution is 2.05. The van der Waals surface area contributed by atoms with Gasteiger partial charge in [-0.3, -0.25) is 4.79 Å². The third-order valence-corrected chi connectivity index (χ3v) is 2.53. The zero-order chi connectivity index (χ0) is 13.1. The Balaban J connectivity index is 3.40. The number of nitrogens with one attached hydrogen (secondary N) is 2. The maximum Gasteiger partial charge on any atom is 0.234 e. The lowest BCUT2D eigenvalue weighted by Gasteiger charge is -2.24. The number of aliphatic hydroxyl groups is 1. The smallest absolute Gasteiger partial charge is 0.234 e. The largest absolute Gasteiger partial charge is 0.394 e. The Labute approximate surface area is 104 Å². The Morgan fingerprint density at radius 3 is 2.65 bits per heavy atom. The molecular formula is C12H26N2O3. The molecule has 0 unspecified atom stereocenters. The number of hydrogen-bond donors (Lipinski definition) is 3. The van der Waals surface area contributed by atoms with E-state index in [1.54, 1.807) is 0 Å². The summed E-state index contributed by atoms with van der Waals surface area (Å²) in [4.78, 5) is 11.5. The molecule has 0 radical (unpaired) electrons. The summed E-state index contributed by atoms with van der Waals surface area (Å²) >= 11 is 0. The molecule has 0 saturated heterocycles. The van der Waals surface area contributed by atoms with Crippen molar-refractivity contribution in [3.05, 3.63) is 0 Å². The van der Waals surface area contributed by atoms with Crippen molar-refractivity contribution in [3.63, 3.8) is 0 Å². The quantitative estimate of drug-likeness (QED) is 0.484. The molecule has 0 saturated carbocycles. The number of aliphatic hydroxyl groups excluding tert-OH is 1. The molecule has 3 N–H and O–H groups in total. The number of ether oxygens (including phenoxy) is 1. The van der Waals surface area contributed by atoms with E-state index < -0.39 is 0 Å². The molecule has 5 nitrogen and oxygen atoms in total. The summed E-state index contributed by atoms with van der Waals surface area (Å²) in [7, 11) is 0. The van der Waals surface area contributed by atoms with Gasteiger partial charge in [0.15, 0.2) is 0 Å². The van der Waals surface area contributed by atoms with Crippen molar-refractivity contribution < 1.29 is 14.6 Å². The monoisotopic (exact) mass is 246 g/mol. The molecule has 0 aromatic heterocycles. The Morgan fingerprint density at radius 1 is 1.35 bits per heavy atom. The van der Waals surface area contributed by atoms with Crippen LogP contribution in [0.15, 0.2) is 0 Å². The molecule has 0 aromatic rings. The van der Waals surface area contributed by atoms with Crippen LogP contribution >= 0.6 is 0 Å². The summed E-state index contributed by atoms with van der Waals surface area (Å²) in [5.41, 5.74) is -0.136. The molecule has 0 heterocycles. The maximum absolute atomic E-state index is 11.5. The minimum atomic E-state index is -0.136. The fourth-order valence-electron chi connectivity index (χ4n) is 1.18. The van der Waals surface area contributed by atoms with E-state index in [1.807, 2.05) is 20.8 Å². The molecule has 0 fully saturated rings. The number of hydrogen-bond acceptors (Lipinski definition) is 4. The Morgan fingerprint density at radius 2 is 2.06 bits per heavy atom. The number of rotatable bonds is 10. The van der Waals surface area contributed by atoms with Gasteiger partial charge in [0.1, 0.15) is 0 Å². The summed E-state index contributed by atoms with van der Waals surface area (Å²) in [6.45, 7) is 8.19. The van der Waals surface area contributed by atoms with E-state index >= 15 is 0 Å². The fraction of sp³-hybridized carbons (Fsp3) is 0.917. The lowest BCUT2D eigenvalue weighted by Crippen LogP contribution is -2.46. The first-order chi connectivity index (χ1) is 8.02. The molecule has 0 aliphatic rings. The van der Waals surface area contributed by atoms with Crippen molar-refractivity contribution >= 4 is 5.91 Å². The van der Waals surface area contributed by atoms with Crippen LogP contribution in [-0.4, -0.2) is 49.5 Å². The average molecular weight is 246 g/mol. The van der Waals surface area contributed by atoms with Gasteiger partial charge in [-0.15, -0.1) is 0 Å². The van der Waals surface area contributed by atoms with Gasteiger partial charge in [0, 0.05) is 12.1 Å².